The van der Waals surface area contributed by atoms with Gasteiger partial charge >= 0.3 is 0 Å². The Bertz CT molecular complexity index is 1090. The minimum absolute atomic E-state index is 0.103. The highest BCUT2D eigenvalue weighted by Gasteiger charge is 2.29. The van der Waals surface area contributed by atoms with Crippen molar-refractivity contribution in [1.82, 2.24) is 19.2 Å². The summed E-state index contributed by atoms with van der Waals surface area (Å²) in [4.78, 5) is 26.8. The Morgan fingerprint density at radius 3 is 2.70 bits per heavy atom. The van der Waals surface area contributed by atoms with Crippen LogP contribution in [0.2, 0.25) is 5.02 Å². The van der Waals surface area contributed by atoms with Crippen molar-refractivity contribution < 1.29 is 4.79 Å². The molecule has 1 amide bonds. The largest absolute Gasteiger partial charge is 0.328 e. The van der Waals surface area contributed by atoms with E-state index >= 15 is 0 Å². The Morgan fingerprint density at radius 2 is 1.96 bits per heavy atom. The van der Waals surface area contributed by atoms with Crippen LogP contribution in [0.4, 0.5) is 0 Å². The lowest BCUT2D eigenvalue weighted by Gasteiger charge is -2.14. The third-order valence-electron chi connectivity index (χ3n) is 5.07. The van der Waals surface area contributed by atoms with E-state index in [2.05, 4.69) is 5.10 Å². The summed E-state index contributed by atoms with van der Waals surface area (Å²) in [6.45, 7) is 3.27. The van der Waals surface area contributed by atoms with Crippen LogP contribution in [0.1, 0.15) is 32.7 Å². The lowest BCUT2D eigenvalue weighted by atomic mass is 10.1. The van der Waals surface area contributed by atoms with Gasteiger partial charge in [0, 0.05) is 25.5 Å². The van der Waals surface area contributed by atoms with Crippen LogP contribution in [-0.2, 0) is 26.7 Å². The van der Waals surface area contributed by atoms with Crippen LogP contribution >= 0.6 is 11.6 Å². The van der Waals surface area contributed by atoms with Gasteiger partial charge in [-0.05, 0) is 23.6 Å². The molecule has 27 heavy (non-hydrogen) atoms. The van der Waals surface area contributed by atoms with Crippen LogP contribution in [0.15, 0.2) is 47.5 Å². The molecule has 0 radical (unpaired) electrons. The van der Waals surface area contributed by atoms with Gasteiger partial charge in [-0.15, -0.1) is 0 Å². The molecule has 0 atom stereocenters. The molecule has 1 aromatic carbocycles. The fourth-order valence-electron chi connectivity index (χ4n) is 3.48. The summed E-state index contributed by atoms with van der Waals surface area (Å²) in [6, 6.07) is 9.96. The average Bonchev–Trinajstić information content (AvgIpc) is 3.32. The third-order valence-corrected chi connectivity index (χ3v) is 5.52. The van der Waals surface area contributed by atoms with Gasteiger partial charge in [0.05, 0.1) is 24.8 Å². The quantitative estimate of drug-likeness (QED) is 0.699. The van der Waals surface area contributed by atoms with Gasteiger partial charge in [-0.3, -0.25) is 14.3 Å². The van der Waals surface area contributed by atoms with E-state index < -0.39 is 0 Å². The first kappa shape index (κ1) is 17.5. The minimum atomic E-state index is -0.224. The van der Waals surface area contributed by atoms with E-state index in [4.69, 9.17) is 11.6 Å². The molecule has 6 nitrogen and oxygen atoms in total. The van der Waals surface area contributed by atoms with Crippen LogP contribution in [0, 0.1) is 6.92 Å². The SMILES string of the molecule is Cc1c2c(n(C)c(=O)c1Cl)CN(C(=O)c1cnn(Cc3ccccc3)c1)C2. The highest BCUT2D eigenvalue weighted by molar-refractivity contribution is 6.31. The summed E-state index contributed by atoms with van der Waals surface area (Å²) >= 11 is 6.14. The molecule has 138 valence electrons. The van der Waals surface area contributed by atoms with Crippen molar-refractivity contribution in [2.24, 2.45) is 7.05 Å². The maximum atomic E-state index is 12.9. The lowest BCUT2D eigenvalue weighted by molar-refractivity contribution is 0.0749. The number of amides is 1. The molecule has 0 unspecified atom stereocenters. The number of hydrogen-bond donors (Lipinski definition) is 0. The Hall–Kier alpha value is -2.86. The van der Waals surface area contributed by atoms with E-state index in [0.29, 0.717) is 25.2 Å². The summed E-state index contributed by atoms with van der Waals surface area (Å²) < 4.78 is 3.29. The molecule has 0 fully saturated rings. The Kier molecular flexibility index (Phi) is 4.36. The van der Waals surface area contributed by atoms with Gasteiger partial charge < -0.3 is 9.47 Å². The molecule has 3 heterocycles. The van der Waals surface area contributed by atoms with Gasteiger partial charge in [0.2, 0.25) is 0 Å². The van der Waals surface area contributed by atoms with Gasteiger partial charge in [-0.1, -0.05) is 41.9 Å². The summed E-state index contributed by atoms with van der Waals surface area (Å²) in [6.07, 6.45) is 3.35. The molecule has 0 aliphatic carbocycles. The second-order valence-corrected chi connectivity index (χ2v) is 7.18. The fraction of sp³-hybridized carbons (Fsp3) is 0.250. The molecule has 2 aromatic heterocycles. The van der Waals surface area contributed by atoms with E-state index in [1.165, 1.54) is 4.57 Å². The number of rotatable bonds is 3. The standard InChI is InChI=1S/C20H19ClN4O2/c1-13-16-11-24(12-17(16)23(2)20(27)18(13)21)19(26)15-8-22-25(10-15)9-14-6-4-3-5-7-14/h3-8,10H,9,11-12H2,1-2H3. The Morgan fingerprint density at radius 1 is 1.22 bits per heavy atom. The van der Waals surface area contributed by atoms with E-state index in [0.717, 1.165) is 22.4 Å². The van der Waals surface area contributed by atoms with E-state index in [9.17, 15) is 9.59 Å². The predicted octanol–water partition coefficient (Wildman–Crippen LogP) is 2.75. The number of nitrogens with zero attached hydrogens (tertiary/aromatic N) is 4. The van der Waals surface area contributed by atoms with Crippen molar-refractivity contribution >= 4 is 17.5 Å². The molecular weight excluding hydrogens is 364 g/mol. The van der Waals surface area contributed by atoms with Gasteiger partial charge in [0.25, 0.3) is 11.5 Å². The molecule has 0 spiro atoms. The van der Waals surface area contributed by atoms with E-state index in [1.807, 2.05) is 37.3 Å². The normalized spacial score (nSPS) is 13.1. The molecule has 7 heteroatoms. The van der Waals surface area contributed by atoms with Crippen molar-refractivity contribution in [3.63, 3.8) is 0 Å². The Balaban J connectivity index is 1.56. The summed E-state index contributed by atoms with van der Waals surface area (Å²) in [7, 11) is 1.69. The monoisotopic (exact) mass is 382 g/mol. The number of pyridine rings is 1. The van der Waals surface area contributed by atoms with Gasteiger partial charge in [0.1, 0.15) is 5.02 Å². The highest BCUT2D eigenvalue weighted by Crippen LogP contribution is 2.28. The van der Waals surface area contributed by atoms with Crippen molar-refractivity contribution in [1.29, 1.82) is 0 Å². The second kappa shape index (κ2) is 6.70. The summed E-state index contributed by atoms with van der Waals surface area (Å²) in [5, 5.41) is 4.53. The molecule has 1 aliphatic rings. The van der Waals surface area contributed by atoms with Crippen LogP contribution in [0.3, 0.4) is 0 Å². The first-order chi connectivity index (χ1) is 13.0. The van der Waals surface area contributed by atoms with Crippen LogP contribution in [0.25, 0.3) is 0 Å². The third kappa shape index (κ3) is 3.06. The summed E-state index contributed by atoms with van der Waals surface area (Å²) in [5.41, 5.74) is 3.97. The molecule has 0 saturated carbocycles. The zero-order chi connectivity index (χ0) is 19.1. The van der Waals surface area contributed by atoms with Crippen molar-refractivity contribution in [2.75, 3.05) is 0 Å². The number of carbonyl (C=O) groups excluding carboxylic acids is 1. The van der Waals surface area contributed by atoms with Gasteiger partial charge in [-0.2, -0.15) is 5.10 Å². The lowest BCUT2D eigenvalue weighted by Crippen LogP contribution is -2.26. The molecule has 0 saturated heterocycles. The zero-order valence-electron chi connectivity index (χ0n) is 15.1. The molecular formula is C20H19ClN4O2. The van der Waals surface area contributed by atoms with Crippen molar-refractivity contribution in [3.05, 3.63) is 86.0 Å². The molecule has 0 bridgehead atoms. The maximum Gasteiger partial charge on any atom is 0.269 e. The number of benzene rings is 1. The number of hydrogen-bond acceptors (Lipinski definition) is 3. The number of fused-ring (bicyclic) bond motifs is 1. The Labute approximate surface area is 161 Å². The molecule has 4 rings (SSSR count). The molecule has 0 N–H and O–H groups in total. The average molecular weight is 383 g/mol. The topological polar surface area (TPSA) is 60.1 Å². The second-order valence-electron chi connectivity index (χ2n) is 6.80. The first-order valence-corrected chi connectivity index (χ1v) is 9.06. The van der Waals surface area contributed by atoms with Crippen molar-refractivity contribution in [3.8, 4) is 0 Å². The molecule has 3 aromatic rings. The summed E-state index contributed by atoms with van der Waals surface area (Å²) in [5.74, 6) is -0.103. The van der Waals surface area contributed by atoms with Crippen LogP contribution in [-0.4, -0.2) is 25.2 Å². The van der Waals surface area contributed by atoms with Crippen LogP contribution in [0.5, 0.6) is 0 Å². The predicted molar refractivity (Wildman–Crippen MR) is 103 cm³/mol. The fourth-order valence-corrected chi connectivity index (χ4v) is 3.72. The smallest absolute Gasteiger partial charge is 0.269 e. The zero-order valence-corrected chi connectivity index (χ0v) is 15.9. The van der Waals surface area contributed by atoms with E-state index in [-0.39, 0.29) is 16.5 Å². The van der Waals surface area contributed by atoms with Gasteiger partial charge in [-0.25, -0.2) is 0 Å². The highest BCUT2D eigenvalue weighted by atomic mass is 35.5. The maximum absolute atomic E-state index is 12.9. The number of carbonyl (C=O) groups is 1. The number of aromatic nitrogens is 3. The van der Waals surface area contributed by atoms with Gasteiger partial charge in [0.15, 0.2) is 0 Å². The minimum Gasteiger partial charge on any atom is -0.328 e. The van der Waals surface area contributed by atoms with E-state index in [1.54, 1.807) is 29.0 Å². The van der Waals surface area contributed by atoms with Crippen LogP contribution < -0.4 is 5.56 Å². The van der Waals surface area contributed by atoms with Crippen molar-refractivity contribution in [2.45, 2.75) is 26.6 Å². The molecule has 1 aliphatic heterocycles. The first-order valence-electron chi connectivity index (χ1n) is 8.68. The number of halogens is 1.